The summed E-state index contributed by atoms with van der Waals surface area (Å²) in [6.07, 6.45) is 0.955. The Kier molecular flexibility index (Phi) is 4.73. The van der Waals surface area contributed by atoms with Crippen molar-refractivity contribution < 1.29 is 0 Å². The first-order valence-electron chi connectivity index (χ1n) is 4.63. The largest absolute Gasteiger partial charge is 0.302 e. The van der Waals surface area contributed by atoms with Crippen LogP contribution in [0.15, 0.2) is 24.3 Å². The molecule has 0 aliphatic heterocycles. The smallest absolute Gasteiger partial charge is 0.0406 e. The standard InChI is InChI=1S/C11H15Cl2N/c1-14(2)11(7-8-12)9-3-5-10(13)6-4-9/h3-6,11H,7-8H2,1-2H3. The molecule has 0 aliphatic rings. The summed E-state index contributed by atoms with van der Waals surface area (Å²) in [4.78, 5) is 2.17. The molecule has 1 aromatic rings. The lowest BCUT2D eigenvalue weighted by atomic mass is 10.0. The van der Waals surface area contributed by atoms with Gasteiger partial charge >= 0.3 is 0 Å². The van der Waals surface area contributed by atoms with Crippen LogP contribution in [0.25, 0.3) is 0 Å². The molecular formula is C11H15Cl2N. The fourth-order valence-electron chi connectivity index (χ4n) is 1.51. The summed E-state index contributed by atoms with van der Waals surface area (Å²) < 4.78 is 0. The molecule has 0 heterocycles. The molecular weight excluding hydrogens is 217 g/mol. The molecule has 0 aliphatic carbocycles. The van der Waals surface area contributed by atoms with Crippen molar-refractivity contribution in [3.05, 3.63) is 34.9 Å². The van der Waals surface area contributed by atoms with E-state index in [4.69, 9.17) is 23.2 Å². The number of rotatable bonds is 4. The number of benzene rings is 1. The molecule has 0 bridgehead atoms. The third kappa shape index (κ3) is 3.16. The van der Waals surface area contributed by atoms with Crippen LogP contribution in [0.4, 0.5) is 0 Å². The van der Waals surface area contributed by atoms with Crippen molar-refractivity contribution >= 4 is 23.2 Å². The quantitative estimate of drug-likeness (QED) is 0.717. The molecule has 1 atom stereocenters. The van der Waals surface area contributed by atoms with Crippen LogP contribution >= 0.6 is 23.2 Å². The van der Waals surface area contributed by atoms with Gasteiger partial charge in [-0.05, 0) is 38.2 Å². The second-order valence-corrected chi connectivity index (χ2v) is 4.32. The molecule has 0 amide bonds. The van der Waals surface area contributed by atoms with Gasteiger partial charge in [0.05, 0.1) is 0 Å². The molecule has 0 radical (unpaired) electrons. The van der Waals surface area contributed by atoms with Gasteiger partial charge in [-0.25, -0.2) is 0 Å². The molecule has 0 spiro atoms. The van der Waals surface area contributed by atoms with Crippen molar-refractivity contribution in [2.75, 3.05) is 20.0 Å². The van der Waals surface area contributed by atoms with E-state index in [1.54, 1.807) is 0 Å². The van der Waals surface area contributed by atoms with E-state index >= 15 is 0 Å². The Hall–Kier alpha value is -0.240. The van der Waals surface area contributed by atoms with Gasteiger partial charge in [0.15, 0.2) is 0 Å². The zero-order chi connectivity index (χ0) is 10.6. The van der Waals surface area contributed by atoms with Gasteiger partial charge in [0.2, 0.25) is 0 Å². The minimum atomic E-state index is 0.379. The van der Waals surface area contributed by atoms with Crippen molar-refractivity contribution in [3.63, 3.8) is 0 Å². The Morgan fingerprint density at radius 1 is 1.21 bits per heavy atom. The minimum Gasteiger partial charge on any atom is -0.302 e. The van der Waals surface area contributed by atoms with Crippen LogP contribution in [0.2, 0.25) is 5.02 Å². The van der Waals surface area contributed by atoms with E-state index in [0.29, 0.717) is 11.9 Å². The Labute approximate surface area is 95.6 Å². The van der Waals surface area contributed by atoms with Gasteiger partial charge in [-0.2, -0.15) is 0 Å². The maximum Gasteiger partial charge on any atom is 0.0406 e. The fraction of sp³-hybridized carbons (Fsp3) is 0.455. The second kappa shape index (κ2) is 5.59. The Morgan fingerprint density at radius 3 is 2.21 bits per heavy atom. The lowest BCUT2D eigenvalue weighted by Gasteiger charge is -2.23. The fourth-order valence-corrected chi connectivity index (χ4v) is 1.84. The van der Waals surface area contributed by atoms with Gasteiger partial charge in [0.25, 0.3) is 0 Å². The molecule has 14 heavy (non-hydrogen) atoms. The molecule has 1 unspecified atom stereocenters. The van der Waals surface area contributed by atoms with Crippen LogP contribution in [-0.2, 0) is 0 Å². The van der Waals surface area contributed by atoms with Crippen LogP contribution in [0.1, 0.15) is 18.0 Å². The first kappa shape index (κ1) is 11.8. The highest BCUT2D eigenvalue weighted by molar-refractivity contribution is 6.30. The zero-order valence-electron chi connectivity index (χ0n) is 8.50. The molecule has 1 rings (SSSR count). The number of alkyl halides is 1. The average molecular weight is 232 g/mol. The van der Waals surface area contributed by atoms with E-state index < -0.39 is 0 Å². The molecule has 0 saturated heterocycles. The van der Waals surface area contributed by atoms with Crippen LogP contribution in [0.3, 0.4) is 0 Å². The Bertz CT molecular complexity index is 269. The van der Waals surface area contributed by atoms with Gasteiger partial charge in [0, 0.05) is 16.9 Å². The van der Waals surface area contributed by atoms with Crippen LogP contribution in [-0.4, -0.2) is 24.9 Å². The van der Waals surface area contributed by atoms with Crippen molar-refractivity contribution in [2.24, 2.45) is 0 Å². The van der Waals surface area contributed by atoms with E-state index in [2.05, 4.69) is 31.1 Å². The summed E-state index contributed by atoms with van der Waals surface area (Å²) in [5.74, 6) is 0.672. The van der Waals surface area contributed by atoms with Crippen LogP contribution < -0.4 is 0 Å². The van der Waals surface area contributed by atoms with Gasteiger partial charge in [-0.15, -0.1) is 11.6 Å². The summed E-state index contributed by atoms with van der Waals surface area (Å²) in [5, 5.41) is 0.775. The summed E-state index contributed by atoms with van der Waals surface area (Å²) in [5.41, 5.74) is 1.26. The summed E-state index contributed by atoms with van der Waals surface area (Å²) >= 11 is 11.6. The van der Waals surface area contributed by atoms with Gasteiger partial charge in [-0.3, -0.25) is 0 Å². The summed E-state index contributed by atoms with van der Waals surface area (Å²) in [7, 11) is 4.12. The molecule has 0 saturated carbocycles. The zero-order valence-corrected chi connectivity index (χ0v) is 10.0. The second-order valence-electron chi connectivity index (χ2n) is 3.51. The number of nitrogens with zero attached hydrogens (tertiary/aromatic N) is 1. The van der Waals surface area contributed by atoms with E-state index in [0.717, 1.165) is 11.4 Å². The first-order chi connectivity index (χ1) is 6.65. The molecule has 78 valence electrons. The van der Waals surface area contributed by atoms with Crippen molar-refractivity contribution in [1.82, 2.24) is 4.90 Å². The summed E-state index contributed by atoms with van der Waals surface area (Å²) in [6.45, 7) is 0. The Morgan fingerprint density at radius 2 is 1.79 bits per heavy atom. The van der Waals surface area contributed by atoms with Crippen LogP contribution in [0.5, 0.6) is 0 Å². The van der Waals surface area contributed by atoms with E-state index in [1.807, 2.05) is 12.1 Å². The topological polar surface area (TPSA) is 3.24 Å². The highest BCUT2D eigenvalue weighted by atomic mass is 35.5. The molecule has 0 N–H and O–H groups in total. The first-order valence-corrected chi connectivity index (χ1v) is 5.54. The van der Waals surface area contributed by atoms with E-state index in [1.165, 1.54) is 5.56 Å². The highest BCUT2D eigenvalue weighted by Gasteiger charge is 2.12. The normalized spacial score (nSPS) is 13.2. The van der Waals surface area contributed by atoms with Crippen molar-refractivity contribution in [2.45, 2.75) is 12.5 Å². The molecule has 0 fully saturated rings. The summed E-state index contributed by atoms with van der Waals surface area (Å²) in [6, 6.07) is 8.33. The molecule has 1 nitrogen and oxygen atoms in total. The molecule has 0 aromatic heterocycles. The van der Waals surface area contributed by atoms with E-state index in [-0.39, 0.29) is 0 Å². The third-order valence-corrected chi connectivity index (χ3v) is 2.73. The monoisotopic (exact) mass is 231 g/mol. The van der Waals surface area contributed by atoms with Gasteiger partial charge in [-0.1, -0.05) is 23.7 Å². The predicted octanol–water partition coefficient (Wildman–Crippen LogP) is 3.57. The number of hydrogen-bond donors (Lipinski definition) is 0. The lowest BCUT2D eigenvalue weighted by molar-refractivity contribution is 0.293. The molecule has 1 aromatic carbocycles. The highest BCUT2D eigenvalue weighted by Crippen LogP contribution is 2.23. The molecule has 3 heteroatoms. The maximum absolute atomic E-state index is 5.83. The minimum absolute atomic E-state index is 0.379. The number of hydrogen-bond acceptors (Lipinski definition) is 1. The van der Waals surface area contributed by atoms with Crippen molar-refractivity contribution in [1.29, 1.82) is 0 Å². The lowest BCUT2D eigenvalue weighted by Crippen LogP contribution is -2.20. The maximum atomic E-state index is 5.83. The Balaban J connectivity index is 2.82. The van der Waals surface area contributed by atoms with E-state index in [9.17, 15) is 0 Å². The third-order valence-electron chi connectivity index (χ3n) is 2.26. The predicted molar refractivity (Wildman–Crippen MR) is 63.2 cm³/mol. The van der Waals surface area contributed by atoms with Crippen molar-refractivity contribution in [3.8, 4) is 0 Å². The van der Waals surface area contributed by atoms with Gasteiger partial charge in [0.1, 0.15) is 0 Å². The van der Waals surface area contributed by atoms with Gasteiger partial charge < -0.3 is 4.90 Å². The number of halogens is 2. The van der Waals surface area contributed by atoms with Crippen LogP contribution in [0, 0.1) is 0 Å². The SMILES string of the molecule is CN(C)C(CCCl)c1ccc(Cl)cc1. The average Bonchev–Trinajstić information content (AvgIpc) is 2.15.